The molecule has 98 valence electrons. The van der Waals surface area contributed by atoms with E-state index in [1.165, 1.54) is 6.07 Å². The predicted molar refractivity (Wildman–Crippen MR) is 66.4 cm³/mol. The molecule has 1 unspecified atom stereocenters. The van der Waals surface area contributed by atoms with E-state index in [1.807, 2.05) is 13.8 Å². The molecule has 2 N–H and O–H groups in total. The molecule has 1 aliphatic heterocycles. The molecule has 0 bridgehead atoms. The van der Waals surface area contributed by atoms with Crippen LogP contribution in [0.1, 0.15) is 20.3 Å². The second-order valence-corrected chi connectivity index (χ2v) is 4.98. The molecule has 0 spiro atoms. The van der Waals surface area contributed by atoms with Crippen molar-refractivity contribution >= 4 is 17.3 Å². The Morgan fingerprint density at radius 2 is 2.11 bits per heavy atom. The number of fused-ring (bicyclic) bond motifs is 1. The fourth-order valence-corrected chi connectivity index (χ4v) is 2.14. The molecule has 1 heterocycles. The van der Waals surface area contributed by atoms with Gasteiger partial charge in [0.05, 0.1) is 17.3 Å². The molecule has 18 heavy (non-hydrogen) atoms. The first-order valence-electron chi connectivity index (χ1n) is 6.01. The molecule has 1 aliphatic rings. The Hall–Kier alpha value is -1.65. The molecular weight excluding hydrogens is 238 g/mol. The van der Waals surface area contributed by atoms with Crippen LogP contribution < -0.4 is 10.6 Å². The lowest BCUT2D eigenvalue weighted by Crippen LogP contribution is -2.27. The van der Waals surface area contributed by atoms with E-state index in [0.29, 0.717) is 24.6 Å². The van der Waals surface area contributed by atoms with Crippen LogP contribution in [0.3, 0.4) is 0 Å². The van der Waals surface area contributed by atoms with Gasteiger partial charge in [-0.1, -0.05) is 13.8 Å². The van der Waals surface area contributed by atoms with E-state index >= 15 is 0 Å². The Kier molecular flexibility index (Phi) is 3.50. The smallest absolute Gasteiger partial charge is 0.229 e. The van der Waals surface area contributed by atoms with Gasteiger partial charge in [0.2, 0.25) is 5.91 Å². The largest absolute Gasteiger partial charge is 0.380 e. The highest BCUT2D eigenvalue weighted by Crippen LogP contribution is 2.31. The van der Waals surface area contributed by atoms with Gasteiger partial charge in [0.25, 0.3) is 0 Å². The van der Waals surface area contributed by atoms with Crippen molar-refractivity contribution in [1.82, 2.24) is 0 Å². The van der Waals surface area contributed by atoms with Crippen LogP contribution >= 0.6 is 0 Å². The summed E-state index contributed by atoms with van der Waals surface area (Å²) in [6.45, 7) is 4.36. The molecule has 0 saturated heterocycles. The van der Waals surface area contributed by atoms with E-state index < -0.39 is 11.6 Å². The summed E-state index contributed by atoms with van der Waals surface area (Å²) in [5, 5.41) is 5.46. The molecule has 1 aromatic rings. The van der Waals surface area contributed by atoms with E-state index in [1.54, 1.807) is 0 Å². The Morgan fingerprint density at radius 3 is 2.78 bits per heavy atom. The number of nitrogens with one attached hydrogen (secondary N) is 2. The second-order valence-electron chi connectivity index (χ2n) is 4.98. The first kappa shape index (κ1) is 12.8. The first-order chi connectivity index (χ1) is 8.49. The molecule has 0 radical (unpaired) electrons. The summed E-state index contributed by atoms with van der Waals surface area (Å²) in [6.07, 6.45) is 0.705. The lowest BCUT2D eigenvalue weighted by molar-refractivity contribution is -0.119. The Balaban J connectivity index is 2.27. The van der Waals surface area contributed by atoms with Gasteiger partial charge in [-0.2, -0.15) is 0 Å². The van der Waals surface area contributed by atoms with Crippen molar-refractivity contribution < 1.29 is 13.6 Å². The monoisotopic (exact) mass is 254 g/mol. The zero-order chi connectivity index (χ0) is 13.3. The number of halogens is 2. The number of hydrogen-bond donors (Lipinski definition) is 2. The summed E-state index contributed by atoms with van der Waals surface area (Å²) < 4.78 is 26.7. The van der Waals surface area contributed by atoms with Gasteiger partial charge >= 0.3 is 0 Å². The van der Waals surface area contributed by atoms with Crippen molar-refractivity contribution in [1.29, 1.82) is 0 Å². The number of rotatable bonds is 2. The Bertz CT molecular complexity index is 474. The highest BCUT2D eigenvalue weighted by atomic mass is 19.2. The molecule has 1 aromatic carbocycles. The van der Waals surface area contributed by atoms with Crippen LogP contribution in [0.15, 0.2) is 12.1 Å². The number of hydrogen-bond acceptors (Lipinski definition) is 2. The third-order valence-corrected chi connectivity index (χ3v) is 3.00. The maximum Gasteiger partial charge on any atom is 0.229 e. The minimum atomic E-state index is -0.946. The number of anilines is 2. The van der Waals surface area contributed by atoms with E-state index in [-0.39, 0.29) is 17.5 Å². The van der Waals surface area contributed by atoms with Gasteiger partial charge < -0.3 is 10.6 Å². The summed E-state index contributed by atoms with van der Waals surface area (Å²) >= 11 is 0. The van der Waals surface area contributed by atoms with Gasteiger partial charge in [0.15, 0.2) is 11.6 Å². The number of benzene rings is 1. The van der Waals surface area contributed by atoms with Gasteiger partial charge in [-0.15, -0.1) is 0 Å². The zero-order valence-electron chi connectivity index (χ0n) is 10.4. The third-order valence-electron chi connectivity index (χ3n) is 3.00. The Labute approximate surface area is 105 Å². The minimum absolute atomic E-state index is 0.0367. The molecule has 5 heteroatoms. The van der Waals surface area contributed by atoms with Crippen LogP contribution in [0.25, 0.3) is 0 Å². The van der Waals surface area contributed by atoms with E-state index in [0.717, 1.165) is 6.07 Å². The summed E-state index contributed by atoms with van der Waals surface area (Å²) in [6, 6.07) is 2.38. The summed E-state index contributed by atoms with van der Waals surface area (Å²) in [7, 11) is 0. The summed E-state index contributed by atoms with van der Waals surface area (Å²) in [4.78, 5) is 11.9. The van der Waals surface area contributed by atoms with E-state index in [2.05, 4.69) is 10.6 Å². The van der Waals surface area contributed by atoms with E-state index in [4.69, 9.17) is 0 Å². The van der Waals surface area contributed by atoms with Gasteiger partial charge in [0, 0.05) is 6.54 Å². The highest BCUT2D eigenvalue weighted by Gasteiger charge is 2.26. The van der Waals surface area contributed by atoms with Crippen LogP contribution in [0.2, 0.25) is 0 Å². The molecule has 0 aliphatic carbocycles. The standard InChI is InChI=1S/C13H16F2N2O/c1-7(2)5-8-6-16-12-10(17-13(8)18)4-3-9(14)11(12)15/h3-4,7-8,16H,5-6H2,1-2H3,(H,17,18). The van der Waals surface area contributed by atoms with Gasteiger partial charge in [-0.05, 0) is 24.5 Å². The lowest BCUT2D eigenvalue weighted by Gasteiger charge is -2.15. The molecule has 3 nitrogen and oxygen atoms in total. The molecule has 2 rings (SSSR count). The fourth-order valence-electron chi connectivity index (χ4n) is 2.14. The van der Waals surface area contributed by atoms with Crippen molar-refractivity contribution in [2.75, 3.05) is 17.2 Å². The molecule has 0 aromatic heterocycles. The van der Waals surface area contributed by atoms with Gasteiger partial charge in [0.1, 0.15) is 0 Å². The lowest BCUT2D eigenvalue weighted by atomic mass is 9.96. The maximum atomic E-state index is 13.6. The average molecular weight is 254 g/mol. The van der Waals surface area contributed by atoms with Crippen molar-refractivity contribution in [3.8, 4) is 0 Å². The quantitative estimate of drug-likeness (QED) is 0.851. The number of carbonyl (C=O) groups excluding carboxylic acids is 1. The van der Waals surface area contributed by atoms with Crippen molar-refractivity contribution in [2.45, 2.75) is 20.3 Å². The Morgan fingerprint density at radius 1 is 1.39 bits per heavy atom. The number of carbonyl (C=O) groups is 1. The molecule has 1 amide bonds. The normalized spacial score (nSPS) is 18.9. The fraction of sp³-hybridized carbons (Fsp3) is 0.462. The third kappa shape index (κ3) is 2.44. The number of amides is 1. The van der Waals surface area contributed by atoms with Crippen LogP contribution in [0.4, 0.5) is 20.2 Å². The zero-order valence-corrected chi connectivity index (χ0v) is 10.4. The van der Waals surface area contributed by atoms with Crippen LogP contribution in [0.5, 0.6) is 0 Å². The van der Waals surface area contributed by atoms with E-state index in [9.17, 15) is 13.6 Å². The van der Waals surface area contributed by atoms with Crippen LogP contribution in [0, 0.1) is 23.5 Å². The summed E-state index contributed by atoms with van der Waals surface area (Å²) in [5.41, 5.74) is 0.333. The van der Waals surface area contributed by atoms with Crippen molar-refractivity contribution in [2.24, 2.45) is 11.8 Å². The summed E-state index contributed by atoms with van der Waals surface area (Å²) in [5.74, 6) is -1.89. The predicted octanol–water partition coefficient (Wildman–Crippen LogP) is 2.99. The average Bonchev–Trinajstić information content (AvgIpc) is 2.45. The molecule has 0 fully saturated rings. The second kappa shape index (κ2) is 4.92. The highest BCUT2D eigenvalue weighted by molar-refractivity contribution is 5.97. The molecule has 0 saturated carbocycles. The van der Waals surface area contributed by atoms with Crippen LogP contribution in [-0.4, -0.2) is 12.5 Å². The minimum Gasteiger partial charge on any atom is -0.380 e. The maximum absolute atomic E-state index is 13.6. The van der Waals surface area contributed by atoms with Crippen LogP contribution in [-0.2, 0) is 4.79 Å². The molecular formula is C13H16F2N2O. The van der Waals surface area contributed by atoms with Crippen molar-refractivity contribution in [3.05, 3.63) is 23.8 Å². The molecule has 1 atom stereocenters. The first-order valence-corrected chi connectivity index (χ1v) is 6.01. The SMILES string of the molecule is CC(C)CC1CNc2c(ccc(F)c2F)NC1=O. The van der Waals surface area contributed by atoms with Gasteiger partial charge in [-0.3, -0.25) is 4.79 Å². The topological polar surface area (TPSA) is 41.1 Å². The van der Waals surface area contributed by atoms with Crippen molar-refractivity contribution in [3.63, 3.8) is 0 Å². The van der Waals surface area contributed by atoms with Gasteiger partial charge in [-0.25, -0.2) is 8.78 Å².